The van der Waals surface area contributed by atoms with E-state index in [1.165, 1.54) is 34.4 Å². The Morgan fingerprint density at radius 2 is 1.58 bits per heavy atom. The number of aromatic nitrogens is 2. The topological polar surface area (TPSA) is 259 Å². The number of methoxy groups -OCH3 is 2. The Balaban J connectivity index is 1.48. The molecule has 0 bridgehead atoms. The molecule has 3 aliphatic rings. The van der Waals surface area contributed by atoms with Crippen molar-refractivity contribution in [1.29, 1.82) is 0 Å². The summed E-state index contributed by atoms with van der Waals surface area (Å²) in [6, 6.07) is 4.48. The van der Waals surface area contributed by atoms with Crippen molar-refractivity contribution in [2.45, 2.75) is 179 Å². The van der Waals surface area contributed by atoms with E-state index in [-0.39, 0.29) is 42.8 Å². The lowest BCUT2D eigenvalue weighted by molar-refractivity contribution is -0.319. The van der Waals surface area contributed by atoms with Crippen LogP contribution in [0.5, 0.6) is 0 Å². The first-order valence-electron chi connectivity index (χ1n) is 23.2. The fourth-order valence-corrected chi connectivity index (χ4v) is 10.2. The van der Waals surface area contributed by atoms with Crippen LogP contribution in [-0.4, -0.2) is 167 Å². The minimum absolute atomic E-state index is 0.0329. The maximum absolute atomic E-state index is 14.5. The summed E-state index contributed by atoms with van der Waals surface area (Å²) in [6.45, 7) is 16.7. The number of aliphatic hydroxyl groups excluding tert-OH is 2. The summed E-state index contributed by atoms with van der Waals surface area (Å²) in [6.07, 6.45) is -9.52. The lowest BCUT2D eigenvalue weighted by Crippen LogP contribution is -2.62. The number of hydrogen-bond donors (Lipinski definition) is 6. The van der Waals surface area contributed by atoms with E-state index in [1.807, 2.05) is 25.9 Å². The molecule has 0 radical (unpaired) electrons. The molecule has 0 unspecified atom stereocenters. The minimum atomic E-state index is -2.03. The predicted molar refractivity (Wildman–Crippen MR) is 242 cm³/mol. The van der Waals surface area contributed by atoms with E-state index in [9.17, 15) is 34.5 Å². The average molecular weight is 950 g/mol. The van der Waals surface area contributed by atoms with Gasteiger partial charge in [0.15, 0.2) is 18.7 Å². The number of nitrogens with zero attached hydrogens (tertiary/aromatic N) is 2. The van der Waals surface area contributed by atoms with Crippen molar-refractivity contribution in [3.8, 4) is 0 Å². The Morgan fingerprint density at radius 3 is 2.21 bits per heavy atom. The number of likely N-dealkylation sites (N-methyl/N-ethyl adjacent to an activating group) is 1. The molecule has 4 heterocycles. The Morgan fingerprint density at radius 1 is 0.925 bits per heavy atom. The number of amides is 2. The highest BCUT2D eigenvalue weighted by molar-refractivity contribution is 5.97. The van der Waals surface area contributed by atoms with Gasteiger partial charge in [0, 0.05) is 50.0 Å². The van der Waals surface area contributed by atoms with Crippen LogP contribution in [0.3, 0.4) is 0 Å². The second-order valence-corrected chi connectivity index (χ2v) is 19.7. The van der Waals surface area contributed by atoms with Crippen molar-refractivity contribution in [3.05, 3.63) is 30.1 Å². The summed E-state index contributed by atoms with van der Waals surface area (Å²) < 4.78 is 50.6. The summed E-state index contributed by atoms with van der Waals surface area (Å²) in [5.74, 6) is -5.50. The summed E-state index contributed by atoms with van der Waals surface area (Å²) in [7, 11) is 6.64. The van der Waals surface area contributed by atoms with E-state index in [0.29, 0.717) is 17.5 Å². The van der Waals surface area contributed by atoms with Crippen LogP contribution < -0.4 is 10.9 Å². The largest absolute Gasteiger partial charge is 0.459 e. The zero-order valence-corrected chi connectivity index (χ0v) is 41.4. The third-order valence-electron chi connectivity index (χ3n) is 14.4. The summed E-state index contributed by atoms with van der Waals surface area (Å²) in [5, 5.41) is 35.1. The monoisotopic (exact) mass is 950 g/mol. The number of rotatable bonds is 10. The Labute approximate surface area is 393 Å². The smallest absolute Gasteiger partial charge is 0.426 e. The number of hydrazine groups is 1. The molecule has 378 valence electrons. The zero-order valence-electron chi connectivity index (χ0n) is 41.4. The number of nitrogens with one attached hydrogen (secondary N) is 3. The molecular weight excluding hydrogens is 875 g/mol. The van der Waals surface area contributed by atoms with Crippen molar-refractivity contribution < 1.29 is 72.4 Å². The van der Waals surface area contributed by atoms with Crippen LogP contribution in [0.1, 0.15) is 105 Å². The van der Waals surface area contributed by atoms with Gasteiger partial charge in [-0.15, -0.1) is 0 Å². The van der Waals surface area contributed by atoms with Crippen molar-refractivity contribution in [2.75, 3.05) is 28.3 Å². The average Bonchev–Trinajstić information content (AvgIpc) is 3.77. The number of carbonyl (C=O) groups is 4. The first-order chi connectivity index (χ1) is 31.3. The Hall–Kier alpha value is -3.83. The van der Waals surface area contributed by atoms with E-state index in [0.717, 1.165) is 0 Å². The summed E-state index contributed by atoms with van der Waals surface area (Å²) in [4.78, 5) is 63.8. The number of aromatic amines is 1. The van der Waals surface area contributed by atoms with Crippen molar-refractivity contribution in [3.63, 3.8) is 0 Å². The van der Waals surface area contributed by atoms with Gasteiger partial charge in [0.1, 0.15) is 29.2 Å². The minimum Gasteiger partial charge on any atom is -0.459 e. The van der Waals surface area contributed by atoms with Crippen molar-refractivity contribution in [2.24, 2.45) is 23.7 Å². The van der Waals surface area contributed by atoms with Gasteiger partial charge >= 0.3 is 12.1 Å². The highest BCUT2D eigenvalue weighted by Crippen LogP contribution is 2.42. The molecule has 18 atom stereocenters. The third kappa shape index (κ3) is 11.8. The third-order valence-corrected chi connectivity index (χ3v) is 14.4. The molecule has 3 saturated heterocycles. The SMILES string of the molecule is CC[C@H]1OC(=O)[C@H](C)[C@@H](O[C@H]2C[C@@](C)(OC)[C@@H](OC(=O)NNC(=O)c3ccc4nc[nH]c4c3)[C@H](C)O2)[C@H](C)[C@@H](O[C@@H]2O[C@H](C)C[C@H](N(C)C)[C@H]2O)[C@](C)(OC)C[C@@H](C)C(=O)[C@H](C)[C@@H](O)[C@]1(C)O. The molecule has 2 amide bonds. The van der Waals surface area contributed by atoms with Crippen LogP contribution >= 0.6 is 0 Å². The molecule has 0 spiro atoms. The molecule has 3 aliphatic heterocycles. The molecule has 20 heteroatoms. The molecule has 1 aromatic carbocycles. The van der Waals surface area contributed by atoms with E-state index in [1.54, 1.807) is 66.7 Å². The lowest BCUT2D eigenvalue weighted by atomic mass is 9.74. The molecule has 67 heavy (non-hydrogen) atoms. The number of esters is 1. The van der Waals surface area contributed by atoms with E-state index < -0.39 is 114 Å². The second-order valence-electron chi connectivity index (χ2n) is 19.7. The molecule has 20 nitrogen and oxygen atoms in total. The fraction of sp³-hybridized carbons (Fsp3) is 0.766. The maximum Gasteiger partial charge on any atom is 0.426 e. The number of H-pyrrole nitrogens is 1. The van der Waals surface area contributed by atoms with E-state index >= 15 is 0 Å². The second kappa shape index (κ2) is 21.9. The quantitative estimate of drug-likeness (QED) is 0.147. The Kier molecular flexibility index (Phi) is 17.7. The number of carbonyl (C=O) groups excluding carboxylic acids is 4. The number of Topliss-reactive ketones (excluding diaryl/α,β-unsaturated/α-hetero) is 1. The molecule has 0 aliphatic carbocycles. The molecule has 6 N–H and O–H groups in total. The molecule has 2 aromatic rings. The summed E-state index contributed by atoms with van der Waals surface area (Å²) in [5.41, 5.74) is 1.58. The molecule has 5 rings (SSSR count). The van der Waals surface area contributed by atoms with Gasteiger partial charge in [-0.25, -0.2) is 15.2 Å². The molecule has 3 fully saturated rings. The maximum atomic E-state index is 14.5. The fourth-order valence-electron chi connectivity index (χ4n) is 10.2. The number of fused-ring (bicyclic) bond motifs is 1. The molecular formula is C47H75N5O15. The van der Waals surface area contributed by atoms with Gasteiger partial charge in [0.2, 0.25) is 0 Å². The number of hydrogen-bond acceptors (Lipinski definition) is 17. The normalized spacial score (nSPS) is 40.5. The van der Waals surface area contributed by atoms with Gasteiger partial charge in [0.05, 0.1) is 59.4 Å². The first kappa shape index (κ1) is 54.1. The van der Waals surface area contributed by atoms with Crippen LogP contribution in [0, 0.1) is 23.7 Å². The van der Waals surface area contributed by atoms with E-state index in [4.69, 9.17) is 37.9 Å². The van der Waals surface area contributed by atoms with Gasteiger partial charge in [0.25, 0.3) is 5.91 Å². The van der Waals surface area contributed by atoms with Crippen molar-refractivity contribution in [1.82, 2.24) is 25.7 Å². The lowest BCUT2D eigenvalue weighted by Gasteiger charge is -2.50. The number of cyclic esters (lactones) is 1. The summed E-state index contributed by atoms with van der Waals surface area (Å²) >= 11 is 0. The van der Waals surface area contributed by atoms with Crippen molar-refractivity contribution >= 4 is 34.8 Å². The van der Waals surface area contributed by atoms with Gasteiger partial charge in [-0.3, -0.25) is 19.8 Å². The van der Waals surface area contributed by atoms with Crippen LogP contribution in [0.2, 0.25) is 0 Å². The number of benzene rings is 1. The molecule has 0 saturated carbocycles. The van der Waals surface area contributed by atoms with Crippen LogP contribution in [0.15, 0.2) is 24.5 Å². The number of ether oxygens (including phenoxy) is 8. The standard InChI is InChI=1S/C47H75N5O15/c1-15-33-47(10,59)38(55)25(4)35(53)23(2)20-45(8,60-13)39(66-43-36(54)32(52(11)12)18-24(3)62-43)26(5)37(27(6)42(57)64-33)65-34-21-46(9,61-14)40(28(7)63-34)67-44(58)51-50-41(56)29-16-17-30-31(19-29)49-22-48-30/h16-17,19,22-28,32-34,36-40,43,54-55,59H,15,18,20-21H2,1-14H3,(H,48,49)(H,50,56)(H,51,58)/t23-,24-,25+,26+,27-,28+,32+,33-,34+,36-,37+,38-,39-,40+,43+,45-,46-,47-/m1/s1. The van der Waals surface area contributed by atoms with Crippen LogP contribution in [0.25, 0.3) is 11.0 Å². The number of imidazole rings is 1. The zero-order chi connectivity index (χ0) is 49.9. The van der Waals surface area contributed by atoms with Crippen LogP contribution in [0.4, 0.5) is 4.79 Å². The van der Waals surface area contributed by atoms with Gasteiger partial charge in [-0.1, -0.05) is 27.7 Å². The number of ketones is 1. The predicted octanol–water partition coefficient (Wildman–Crippen LogP) is 3.39. The van der Waals surface area contributed by atoms with E-state index in [2.05, 4.69) is 20.8 Å². The highest BCUT2D eigenvalue weighted by atomic mass is 16.7. The van der Waals surface area contributed by atoms with Crippen LogP contribution in [-0.2, 0) is 47.5 Å². The van der Waals surface area contributed by atoms with Gasteiger partial charge in [-0.2, -0.15) is 0 Å². The molecule has 1 aromatic heterocycles. The first-order valence-corrected chi connectivity index (χ1v) is 23.2. The number of aliphatic hydroxyl groups is 3. The highest BCUT2D eigenvalue weighted by Gasteiger charge is 2.55. The van der Waals surface area contributed by atoms with Gasteiger partial charge in [-0.05, 0) is 93.1 Å². The van der Waals surface area contributed by atoms with Gasteiger partial charge < -0.3 is 63.1 Å². The Bertz CT molecular complexity index is 2020.